The first kappa shape index (κ1) is 13.3. The Balaban J connectivity index is 2.13. The van der Waals surface area contributed by atoms with Crippen molar-refractivity contribution in [2.75, 3.05) is 11.9 Å². The van der Waals surface area contributed by atoms with Gasteiger partial charge in [0.2, 0.25) is 0 Å². The first-order valence-corrected chi connectivity index (χ1v) is 5.75. The van der Waals surface area contributed by atoms with Crippen molar-refractivity contribution in [1.29, 1.82) is 0 Å². The fraction of sp³-hybridized carbons (Fsp3) is 0.500. The van der Waals surface area contributed by atoms with E-state index in [1.165, 1.54) is 0 Å². The molecule has 0 saturated carbocycles. The van der Waals surface area contributed by atoms with Crippen molar-refractivity contribution in [1.82, 2.24) is 0 Å². The molecule has 0 amide bonds. The van der Waals surface area contributed by atoms with Crippen LogP contribution < -0.4 is 5.32 Å². The van der Waals surface area contributed by atoms with Crippen LogP contribution in [0.15, 0.2) is 30.3 Å². The van der Waals surface area contributed by atoms with Gasteiger partial charge in [-0.25, -0.2) is 0 Å². The number of hydrogen-bond acceptors (Lipinski definition) is 6. The van der Waals surface area contributed by atoms with E-state index in [9.17, 15) is 15.3 Å². The van der Waals surface area contributed by atoms with Crippen molar-refractivity contribution < 1.29 is 25.2 Å². The highest BCUT2D eigenvalue weighted by molar-refractivity contribution is 5.44. The molecule has 1 aromatic rings. The third-order valence-corrected chi connectivity index (χ3v) is 3.01. The molecule has 6 heteroatoms. The van der Waals surface area contributed by atoms with Crippen LogP contribution >= 0.6 is 0 Å². The van der Waals surface area contributed by atoms with Crippen molar-refractivity contribution in [2.24, 2.45) is 0 Å². The topological polar surface area (TPSA) is 102 Å². The Morgan fingerprint density at radius 2 is 1.72 bits per heavy atom. The van der Waals surface area contributed by atoms with Gasteiger partial charge in [0.25, 0.3) is 0 Å². The van der Waals surface area contributed by atoms with Crippen LogP contribution in [-0.4, -0.2) is 57.7 Å². The van der Waals surface area contributed by atoms with Crippen molar-refractivity contribution in [3.63, 3.8) is 0 Å². The van der Waals surface area contributed by atoms with Gasteiger partial charge in [-0.2, -0.15) is 0 Å². The highest BCUT2D eigenvalue weighted by Gasteiger charge is 2.43. The van der Waals surface area contributed by atoms with Gasteiger partial charge in [-0.15, -0.1) is 0 Å². The van der Waals surface area contributed by atoms with Crippen LogP contribution in [-0.2, 0) is 4.74 Å². The standard InChI is InChI=1S/C12H17NO5/c14-6-8-10(15)9(11(16)12(17)18-8)13-7-4-2-1-3-5-7/h1-5,8-17H,6H2/t8-,9+,10+,11-,12-/m1/s1. The van der Waals surface area contributed by atoms with E-state index in [1.807, 2.05) is 6.07 Å². The summed E-state index contributed by atoms with van der Waals surface area (Å²) in [7, 11) is 0. The molecule has 0 radical (unpaired) electrons. The number of benzene rings is 1. The van der Waals surface area contributed by atoms with Gasteiger partial charge in [0.1, 0.15) is 18.3 Å². The maximum atomic E-state index is 9.96. The molecule has 5 N–H and O–H groups in total. The van der Waals surface area contributed by atoms with Crippen LogP contribution in [0.25, 0.3) is 0 Å². The summed E-state index contributed by atoms with van der Waals surface area (Å²) in [6.07, 6.45) is -4.76. The molecule has 1 saturated heterocycles. The second-order valence-electron chi connectivity index (χ2n) is 4.27. The summed E-state index contributed by atoms with van der Waals surface area (Å²) in [5, 5.41) is 41.2. The van der Waals surface area contributed by atoms with Crippen LogP contribution in [0.5, 0.6) is 0 Å². The maximum absolute atomic E-state index is 9.96. The minimum atomic E-state index is -1.44. The van der Waals surface area contributed by atoms with Gasteiger partial charge in [-0.05, 0) is 12.1 Å². The van der Waals surface area contributed by atoms with E-state index in [-0.39, 0.29) is 0 Å². The quantitative estimate of drug-likeness (QED) is 0.470. The number of anilines is 1. The number of rotatable bonds is 3. The molecule has 5 atom stereocenters. The molecule has 1 aliphatic heterocycles. The van der Waals surface area contributed by atoms with Gasteiger partial charge in [0.05, 0.1) is 12.6 Å². The Morgan fingerprint density at radius 3 is 2.33 bits per heavy atom. The number of ether oxygens (including phenoxy) is 1. The largest absolute Gasteiger partial charge is 0.394 e. The molecule has 1 aliphatic rings. The summed E-state index contributed by atoms with van der Waals surface area (Å²) < 4.78 is 4.89. The Labute approximate surface area is 104 Å². The van der Waals surface area contributed by atoms with E-state index in [2.05, 4.69) is 5.32 Å². The lowest BCUT2D eigenvalue weighted by Gasteiger charge is -2.40. The second-order valence-corrected chi connectivity index (χ2v) is 4.27. The summed E-state index contributed by atoms with van der Waals surface area (Å²) in [5.41, 5.74) is 0.700. The molecule has 0 bridgehead atoms. The fourth-order valence-electron chi connectivity index (χ4n) is 2.00. The van der Waals surface area contributed by atoms with Crippen LogP contribution in [0.1, 0.15) is 0 Å². The van der Waals surface area contributed by atoms with Gasteiger partial charge in [0.15, 0.2) is 6.29 Å². The molecule has 0 aliphatic carbocycles. The maximum Gasteiger partial charge on any atom is 0.183 e. The number of aliphatic hydroxyl groups excluding tert-OH is 4. The monoisotopic (exact) mass is 255 g/mol. The normalized spacial score (nSPS) is 36.3. The third kappa shape index (κ3) is 2.63. The zero-order chi connectivity index (χ0) is 13.1. The zero-order valence-electron chi connectivity index (χ0n) is 9.68. The Kier molecular flexibility index (Phi) is 4.15. The lowest BCUT2D eigenvalue weighted by molar-refractivity contribution is -0.255. The predicted octanol–water partition coefficient (Wildman–Crippen LogP) is -1.10. The van der Waals surface area contributed by atoms with Crippen LogP contribution in [0.3, 0.4) is 0 Å². The van der Waals surface area contributed by atoms with E-state index in [1.54, 1.807) is 24.3 Å². The molecule has 100 valence electrons. The predicted molar refractivity (Wildman–Crippen MR) is 63.8 cm³/mol. The summed E-state index contributed by atoms with van der Waals surface area (Å²) in [6, 6.07) is 8.19. The van der Waals surface area contributed by atoms with E-state index in [0.29, 0.717) is 5.69 Å². The lowest BCUT2D eigenvalue weighted by Crippen LogP contribution is -2.61. The minimum Gasteiger partial charge on any atom is -0.394 e. The first-order valence-electron chi connectivity index (χ1n) is 5.75. The summed E-state index contributed by atoms with van der Waals surface area (Å²) in [5.74, 6) is 0. The Hall–Kier alpha value is -1.18. The fourth-order valence-corrected chi connectivity index (χ4v) is 2.00. The second kappa shape index (κ2) is 5.64. The molecule has 18 heavy (non-hydrogen) atoms. The van der Waals surface area contributed by atoms with E-state index in [4.69, 9.17) is 9.84 Å². The van der Waals surface area contributed by atoms with Crippen LogP contribution in [0.4, 0.5) is 5.69 Å². The number of para-hydroxylation sites is 1. The Morgan fingerprint density at radius 1 is 1.06 bits per heavy atom. The number of hydrogen-bond donors (Lipinski definition) is 5. The lowest BCUT2D eigenvalue weighted by atomic mass is 9.96. The summed E-state index contributed by atoms with van der Waals surface area (Å²) >= 11 is 0. The molecule has 1 fully saturated rings. The molecule has 0 unspecified atom stereocenters. The molecule has 0 spiro atoms. The first-order chi connectivity index (χ1) is 8.63. The molecule has 6 nitrogen and oxygen atoms in total. The van der Waals surface area contributed by atoms with Gasteiger partial charge in [0, 0.05) is 5.69 Å². The van der Waals surface area contributed by atoms with Crippen molar-refractivity contribution in [3.05, 3.63) is 30.3 Å². The summed E-state index contributed by atoms with van der Waals surface area (Å²) in [4.78, 5) is 0. The van der Waals surface area contributed by atoms with Crippen molar-refractivity contribution in [3.8, 4) is 0 Å². The third-order valence-electron chi connectivity index (χ3n) is 3.01. The zero-order valence-corrected chi connectivity index (χ0v) is 9.68. The molecular formula is C12H17NO5. The number of aliphatic hydroxyl groups is 4. The van der Waals surface area contributed by atoms with Crippen LogP contribution in [0.2, 0.25) is 0 Å². The minimum absolute atomic E-state index is 0.433. The molecule has 1 aromatic carbocycles. The van der Waals surface area contributed by atoms with E-state index >= 15 is 0 Å². The molecule has 1 heterocycles. The van der Waals surface area contributed by atoms with E-state index in [0.717, 1.165) is 0 Å². The molecule has 2 rings (SSSR count). The SMILES string of the molecule is OC[C@H]1O[C@@H](O)[C@H](O)[C@@H](Nc2ccccc2)[C@H]1O. The van der Waals surface area contributed by atoms with E-state index < -0.39 is 37.3 Å². The molecule has 0 aromatic heterocycles. The Bertz CT molecular complexity index is 374. The number of nitrogens with one attached hydrogen (secondary N) is 1. The van der Waals surface area contributed by atoms with Gasteiger partial charge >= 0.3 is 0 Å². The average molecular weight is 255 g/mol. The van der Waals surface area contributed by atoms with Crippen molar-refractivity contribution >= 4 is 5.69 Å². The van der Waals surface area contributed by atoms with Crippen LogP contribution in [0, 0.1) is 0 Å². The molecular weight excluding hydrogens is 238 g/mol. The highest BCUT2D eigenvalue weighted by atomic mass is 16.6. The van der Waals surface area contributed by atoms with Crippen molar-refractivity contribution in [2.45, 2.75) is 30.6 Å². The smallest absolute Gasteiger partial charge is 0.183 e. The summed E-state index contributed by atoms with van der Waals surface area (Å²) in [6.45, 7) is -0.433. The highest BCUT2D eigenvalue weighted by Crippen LogP contribution is 2.23. The van der Waals surface area contributed by atoms with Gasteiger partial charge in [-0.3, -0.25) is 0 Å². The van der Waals surface area contributed by atoms with Gasteiger partial charge < -0.3 is 30.5 Å². The van der Waals surface area contributed by atoms with Gasteiger partial charge in [-0.1, -0.05) is 18.2 Å². The average Bonchev–Trinajstić information content (AvgIpc) is 2.40.